The van der Waals surface area contributed by atoms with Crippen molar-refractivity contribution in [2.24, 2.45) is 11.8 Å². The quantitative estimate of drug-likeness (QED) is 0.672. The first-order chi connectivity index (χ1) is 7.49. The Labute approximate surface area is 97.0 Å². The van der Waals surface area contributed by atoms with Gasteiger partial charge in [0.15, 0.2) is 0 Å². The van der Waals surface area contributed by atoms with Gasteiger partial charge in [-0.3, -0.25) is 4.79 Å². The van der Waals surface area contributed by atoms with Gasteiger partial charge in [-0.1, -0.05) is 6.92 Å². The van der Waals surface area contributed by atoms with Crippen LogP contribution in [0.15, 0.2) is 0 Å². The highest BCUT2D eigenvalue weighted by molar-refractivity contribution is 5.79. The van der Waals surface area contributed by atoms with Gasteiger partial charge in [0.05, 0.1) is 11.5 Å². The summed E-state index contributed by atoms with van der Waals surface area (Å²) in [6.07, 6.45) is 1.40. The van der Waals surface area contributed by atoms with Gasteiger partial charge in [0.1, 0.15) is 0 Å². The molecule has 2 fully saturated rings. The van der Waals surface area contributed by atoms with Gasteiger partial charge in [0, 0.05) is 19.6 Å². The molecule has 2 rings (SSSR count). The second kappa shape index (κ2) is 4.34. The molecular formula is C12H22N2O2. The fraction of sp³-hybridized carbons (Fsp3) is 0.917. The Balaban J connectivity index is 1.91. The second-order valence-corrected chi connectivity index (χ2v) is 5.56. The van der Waals surface area contributed by atoms with Crippen molar-refractivity contribution in [1.29, 1.82) is 0 Å². The minimum atomic E-state index is -0.573. The number of carbonyl (C=O) groups is 1. The molecule has 4 heteroatoms. The number of likely N-dealkylation sites (tertiary alicyclic amines) is 1. The summed E-state index contributed by atoms with van der Waals surface area (Å²) < 4.78 is 0. The molecule has 1 amide bonds. The standard InChI is InChI=1S/C12H22N2O2/c1-9-7-13-8-10(9)11(15)14-5-3-12(2,16)4-6-14/h9-10,13,16H,3-8H2,1-2H3/t9-,10-/m1/s1. The van der Waals surface area contributed by atoms with Gasteiger partial charge in [0.25, 0.3) is 0 Å². The van der Waals surface area contributed by atoms with Crippen LogP contribution in [0.5, 0.6) is 0 Å². The molecule has 0 aliphatic carbocycles. The number of rotatable bonds is 1. The van der Waals surface area contributed by atoms with E-state index < -0.39 is 5.60 Å². The van der Waals surface area contributed by atoms with E-state index in [1.54, 1.807) is 0 Å². The highest BCUT2D eigenvalue weighted by atomic mass is 16.3. The Hall–Kier alpha value is -0.610. The van der Waals surface area contributed by atoms with E-state index in [1.807, 2.05) is 11.8 Å². The van der Waals surface area contributed by atoms with Gasteiger partial charge in [0.2, 0.25) is 5.91 Å². The average Bonchev–Trinajstić information content (AvgIpc) is 2.63. The molecule has 16 heavy (non-hydrogen) atoms. The van der Waals surface area contributed by atoms with E-state index in [9.17, 15) is 9.90 Å². The molecule has 0 bridgehead atoms. The summed E-state index contributed by atoms with van der Waals surface area (Å²) >= 11 is 0. The van der Waals surface area contributed by atoms with Crippen LogP contribution in [0, 0.1) is 11.8 Å². The largest absolute Gasteiger partial charge is 0.390 e. The van der Waals surface area contributed by atoms with E-state index in [1.165, 1.54) is 0 Å². The second-order valence-electron chi connectivity index (χ2n) is 5.56. The van der Waals surface area contributed by atoms with Crippen LogP contribution in [0.25, 0.3) is 0 Å². The summed E-state index contributed by atoms with van der Waals surface area (Å²) in [5.41, 5.74) is -0.573. The predicted octanol–water partition coefficient (Wildman–Crippen LogP) is 0.215. The minimum Gasteiger partial charge on any atom is -0.390 e. The van der Waals surface area contributed by atoms with Gasteiger partial charge in [-0.2, -0.15) is 0 Å². The van der Waals surface area contributed by atoms with Gasteiger partial charge >= 0.3 is 0 Å². The first-order valence-corrected chi connectivity index (χ1v) is 6.21. The van der Waals surface area contributed by atoms with Crippen molar-refractivity contribution in [3.05, 3.63) is 0 Å². The van der Waals surface area contributed by atoms with Crippen LogP contribution in [-0.4, -0.2) is 47.7 Å². The molecule has 0 unspecified atom stereocenters. The molecule has 0 radical (unpaired) electrons. The van der Waals surface area contributed by atoms with Crippen molar-refractivity contribution in [2.45, 2.75) is 32.3 Å². The monoisotopic (exact) mass is 226 g/mol. The highest BCUT2D eigenvalue weighted by Gasteiger charge is 2.36. The summed E-state index contributed by atoms with van der Waals surface area (Å²) in [5, 5.41) is 13.1. The fourth-order valence-corrected chi connectivity index (χ4v) is 2.58. The lowest BCUT2D eigenvalue weighted by Crippen LogP contribution is -2.48. The van der Waals surface area contributed by atoms with Gasteiger partial charge in [-0.15, -0.1) is 0 Å². The highest BCUT2D eigenvalue weighted by Crippen LogP contribution is 2.25. The smallest absolute Gasteiger partial charge is 0.227 e. The van der Waals surface area contributed by atoms with Gasteiger partial charge in [-0.05, 0) is 32.2 Å². The summed E-state index contributed by atoms with van der Waals surface area (Å²) in [4.78, 5) is 14.1. The maximum atomic E-state index is 12.2. The van der Waals surface area contributed by atoms with Gasteiger partial charge in [-0.25, -0.2) is 0 Å². The van der Waals surface area contributed by atoms with Crippen LogP contribution in [0.4, 0.5) is 0 Å². The topological polar surface area (TPSA) is 52.6 Å². The van der Waals surface area contributed by atoms with Crippen LogP contribution in [0.2, 0.25) is 0 Å². The number of hydrogen-bond acceptors (Lipinski definition) is 3. The predicted molar refractivity (Wildman–Crippen MR) is 62.0 cm³/mol. The van der Waals surface area contributed by atoms with Crippen LogP contribution in [0.3, 0.4) is 0 Å². The molecular weight excluding hydrogens is 204 g/mol. The van der Waals surface area contributed by atoms with Crippen molar-refractivity contribution in [2.75, 3.05) is 26.2 Å². The SMILES string of the molecule is C[C@@H]1CNC[C@H]1C(=O)N1CCC(C)(O)CC1. The normalized spacial score (nSPS) is 34.1. The van der Waals surface area contributed by atoms with E-state index in [0.29, 0.717) is 31.8 Å². The Morgan fingerprint density at radius 1 is 1.38 bits per heavy atom. The number of piperidine rings is 1. The molecule has 0 aromatic heterocycles. The Morgan fingerprint density at radius 3 is 2.50 bits per heavy atom. The zero-order valence-electron chi connectivity index (χ0n) is 10.2. The minimum absolute atomic E-state index is 0.142. The number of aliphatic hydroxyl groups is 1. The van der Waals surface area contributed by atoms with E-state index >= 15 is 0 Å². The van der Waals surface area contributed by atoms with E-state index in [4.69, 9.17) is 0 Å². The molecule has 0 saturated carbocycles. The maximum absolute atomic E-state index is 12.2. The number of nitrogens with one attached hydrogen (secondary N) is 1. The Morgan fingerprint density at radius 2 is 2.00 bits per heavy atom. The first kappa shape index (κ1) is 11.9. The summed E-state index contributed by atoms with van der Waals surface area (Å²) in [7, 11) is 0. The van der Waals surface area contributed by atoms with Crippen LogP contribution >= 0.6 is 0 Å². The third-order valence-corrected chi connectivity index (χ3v) is 3.99. The third kappa shape index (κ3) is 2.38. The molecule has 2 aliphatic heterocycles. The molecule has 0 spiro atoms. The molecule has 2 N–H and O–H groups in total. The molecule has 2 aliphatic rings. The number of carbonyl (C=O) groups excluding carboxylic acids is 1. The lowest BCUT2D eigenvalue weighted by atomic mass is 9.91. The number of nitrogens with zero attached hydrogens (tertiary/aromatic N) is 1. The number of amides is 1. The van der Waals surface area contributed by atoms with Crippen molar-refractivity contribution < 1.29 is 9.90 Å². The molecule has 4 nitrogen and oxygen atoms in total. The maximum Gasteiger partial charge on any atom is 0.227 e. The molecule has 0 aromatic carbocycles. The van der Waals surface area contributed by atoms with Crippen molar-refractivity contribution in [3.8, 4) is 0 Å². The Bertz CT molecular complexity index is 268. The third-order valence-electron chi connectivity index (χ3n) is 3.99. The van der Waals surface area contributed by atoms with Crippen molar-refractivity contribution >= 4 is 5.91 Å². The molecule has 92 valence electrons. The number of hydrogen-bond donors (Lipinski definition) is 2. The zero-order valence-corrected chi connectivity index (χ0v) is 10.2. The zero-order chi connectivity index (χ0) is 11.8. The van der Waals surface area contributed by atoms with E-state index in [2.05, 4.69) is 12.2 Å². The summed E-state index contributed by atoms with van der Waals surface area (Å²) in [6.45, 7) is 7.15. The fourth-order valence-electron chi connectivity index (χ4n) is 2.58. The van der Waals surface area contributed by atoms with E-state index in [-0.39, 0.29) is 11.8 Å². The lowest BCUT2D eigenvalue weighted by molar-refractivity contribution is -0.139. The summed E-state index contributed by atoms with van der Waals surface area (Å²) in [6, 6.07) is 0. The average molecular weight is 226 g/mol. The van der Waals surface area contributed by atoms with Crippen molar-refractivity contribution in [3.63, 3.8) is 0 Å². The van der Waals surface area contributed by atoms with Gasteiger partial charge < -0.3 is 15.3 Å². The molecule has 2 atom stereocenters. The first-order valence-electron chi connectivity index (χ1n) is 6.21. The van der Waals surface area contributed by atoms with Crippen LogP contribution < -0.4 is 5.32 Å². The molecule has 2 heterocycles. The van der Waals surface area contributed by atoms with Crippen LogP contribution in [-0.2, 0) is 4.79 Å². The van der Waals surface area contributed by atoms with Crippen LogP contribution in [0.1, 0.15) is 26.7 Å². The Kier molecular flexibility index (Phi) is 3.22. The summed E-state index contributed by atoms with van der Waals surface area (Å²) in [5.74, 6) is 0.853. The van der Waals surface area contributed by atoms with E-state index in [0.717, 1.165) is 13.1 Å². The lowest BCUT2D eigenvalue weighted by Gasteiger charge is -2.37. The van der Waals surface area contributed by atoms with Crippen molar-refractivity contribution in [1.82, 2.24) is 10.2 Å². The molecule has 2 saturated heterocycles. The molecule has 0 aromatic rings.